The highest BCUT2D eigenvalue weighted by atomic mass is 19.1. The third-order valence-electron chi connectivity index (χ3n) is 2.51. The molecule has 0 amide bonds. The third-order valence-corrected chi connectivity index (χ3v) is 2.51. The van der Waals surface area contributed by atoms with Crippen LogP contribution in [0.2, 0.25) is 0 Å². The van der Waals surface area contributed by atoms with Crippen molar-refractivity contribution in [3.05, 3.63) is 59.7 Å². The first-order valence-electron chi connectivity index (χ1n) is 5.61. The molecule has 0 N–H and O–H groups in total. The lowest BCUT2D eigenvalue weighted by Gasteiger charge is -2.04. The molecule has 18 heavy (non-hydrogen) atoms. The van der Waals surface area contributed by atoms with Crippen LogP contribution in [0.5, 0.6) is 5.75 Å². The molecule has 0 fully saturated rings. The number of hydrogen-bond acceptors (Lipinski definition) is 3. The van der Waals surface area contributed by atoms with Crippen molar-refractivity contribution in [3.63, 3.8) is 0 Å². The van der Waals surface area contributed by atoms with Gasteiger partial charge in [-0.3, -0.25) is 0 Å². The third kappa shape index (κ3) is 2.91. The monoisotopic (exact) mass is 245 g/mol. The van der Waals surface area contributed by atoms with Crippen molar-refractivity contribution in [3.8, 4) is 5.75 Å². The van der Waals surface area contributed by atoms with Crippen LogP contribution < -0.4 is 4.74 Å². The van der Waals surface area contributed by atoms with Gasteiger partial charge in [0.1, 0.15) is 5.75 Å². The largest absolute Gasteiger partial charge is 0.421 e. The number of rotatable bonds is 3. The number of ether oxygens (including phenoxy) is 1. The minimum atomic E-state index is -0.609. The molecule has 0 aliphatic carbocycles. The topological polar surface area (TPSA) is 39.2 Å². The number of halogens is 1. The van der Waals surface area contributed by atoms with Gasteiger partial charge in [0, 0.05) is 0 Å². The van der Waals surface area contributed by atoms with Crippen molar-refractivity contribution < 1.29 is 13.9 Å². The van der Waals surface area contributed by atoms with Crippen LogP contribution in [0.15, 0.2) is 42.6 Å². The van der Waals surface area contributed by atoms with Gasteiger partial charge in [-0.15, -0.1) is 0 Å². The van der Waals surface area contributed by atoms with Crippen LogP contribution in [0.4, 0.5) is 4.39 Å². The van der Waals surface area contributed by atoms with Crippen LogP contribution in [0, 0.1) is 5.95 Å². The van der Waals surface area contributed by atoms with E-state index < -0.39 is 11.9 Å². The maximum atomic E-state index is 12.6. The molecule has 3 nitrogen and oxygen atoms in total. The van der Waals surface area contributed by atoms with Crippen LogP contribution in [-0.4, -0.2) is 11.0 Å². The zero-order chi connectivity index (χ0) is 13.0. The maximum Gasteiger partial charge on any atom is 0.343 e. The Bertz CT molecular complexity index is 535. The molecule has 0 aliphatic heterocycles. The number of esters is 1. The fraction of sp³-hybridized carbons (Fsp3) is 0.143. The lowest BCUT2D eigenvalue weighted by molar-refractivity contribution is 0.0734. The molecule has 0 unspecified atom stereocenters. The summed E-state index contributed by atoms with van der Waals surface area (Å²) in [5, 5.41) is 0. The van der Waals surface area contributed by atoms with Crippen molar-refractivity contribution in [2.75, 3.05) is 0 Å². The van der Waals surface area contributed by atoms with Crippen molar-refractivity contribution in [1.82, 2.24) is 4.98 Å². The van der Waals surface area contributed by atoms with Gasteiger partial charge in [0.15, 0.2) is 0 Å². The first kappa shape index (κ1) is 12.2. The van der Waals surface area contributed by atoms with Crippen LogP contribution >= 0.6 is 0 Å². The molecule has 2 rings (SSSR count). The SMILES string of the molecule is CCc1ccc(C(=O)Oc2ccc(F)nc2)cc1. The highest BCUT2D eigenvalue weighted by molar-refractivity contribution is 5.91. The molecule has 0 radical (unpaired) electrons. The Kier molecular flexibility index (Phi) is 3.67. The predicted molar refractivity (Wildman–Crippen MR) is 65.0 cm³/mol. The second kappa shape index (κ2) is 5.40. The fourth-order valence-electron chi connectivity index (χ4n) is 1.47. The second-order valence-corrected chi connectivity index (χ2v) is 3.76. The Hall–Kier alpha value is -2.23. The number of pyridine rings is 1. The van der Waals surface area contributed by atoms with Gasteiger partial charge in [0.2, 0.25) is 5.95 Å². The summed E-state index contributed by atoms with van der Waals surface area (Å²) in [5.74, 6) is -0.867. The van der Waals surface area contributed by atoms with E-state index in [-0.39, 0.29) is 5.75 Å². The van der Waals surface area contributed by atoms with E-state index in [2.05, 4.69) is 4.98 Å². The first-order chi connectivity index (χ1) is 8.69. The Morgan fingerprint density at radius 3 is 2.50 bits per heavy atom. The normalized spacial score (nSPS) is 10.1. The molecule has 0 saturated carbocycles. The van der Waals surface area contributed by atoms with E-state index >= 15 is 0 Å². The Morgan fingerprint density at radius 1 is 1.22 bits per heavy atom. The summed E-state index contributed by atoms with van der Waals surface area (Å²) in [6.07, 6.45) is 2.09. The predicted octanol–water partition coefficient (Wildman–Crippen LogP) is 3.00. The van der Waals surface area contributed by atoms with Crippen LogP contribution in [-0.2, 0) is 6.42 Å². The standard InChI is InChI=1S/C14H12FNO2/c1-2-10-3-5-11(6-4-10)14(17)18-12-7-8-13(15)16-9-12/h3-9H,2H2,1H3. The minimum Gasteiger partial charge on any atom is -0.421 e. The maximum absolute atomic E-state index is 12.6. The number of hydrogen-bond donors (Lipinski definition) is 0. The molecular weight excluding hydrogens is 233 g/mol. The van der Waals surface area contributed by atoms with Gasteiger partial charge in [-0.2, -0.15) is 4.39 Å². The van der Waals surface area contributed by atoms with Crippen molar-refractivity contribution in [2.24, 2.45) is 0 Å². The van der Waals surface area contributed by atoms with Gasteiger partial charge in [0.25, 0.3) is 0 Å². The number of aryl methyl sites for hydroxylation is 1. The van der Waals surface area contributed by atoms with E-state index in [1.807, 2.05) is 19.1 Å². The van der Waals surface area contributed by atoms with Gasteiger partial charge in [-0.25, -0.2) is 9.78 Å². The van der Waals surface area contributed by atoms with E-state index in [0.717, 1.165) is 18.1 Å². The molecule has 0 bridgehead atoms. The number of benzene rings is 1. The van der Waals surface area contributed by atoms with Crippen molar-refractivity contribution in [2.45, 2.75) is 13.3 Å². The van der Waals surface area contributed by atoms with Gasteiger partial charge >= 0.3 is 5.97 Å². The molecule has 0 saturated heterocycles. The molecule has 1 heterocycles. The molecule has 92 valence electrons. The van der Waals surface area contributed by atoms with Gasteiger partial charge in [0.05, 0.1) is 11.8 Å². The fourth-order valence-corrected chi connectivity index (χ4v) is 1.47. The van der Waals surface area contributed by atoms with E-state index in [1.54, 1.807) is 12.1 Å². The highest BCUT2D eigenvalue weighted by Gasteiger charge is 2.08. The zero-order valence-corrected chi connectivity index (χ0v) is 9.89. The van der Waals surface area contributed by atoms with Crippen molar-refractivity contribution in [1.29, 1.82) is 0 Å². The number of carbonyl (C=O) groups excluding carboxylic acids is 1. The average Bonchev–Trinajstić information content (AvgIpc) is 2.41. The van der Waals surface area contributed by atoms with E-state index in [9.17, 15) is 9.18 Å². The van der Waals surface area contributed by atoms with E-state index in [4.69, 9.17) is 4.74 Å². The van der Waals surface area contributed by atoms with Crippen LogP contribution in [0.25, 0.3) is 0 Å². The van der Waals surface area contributed by atoms with Gasteiger partial charge < -0.3 is 4.74 Å². The van der Waals surface area contributed by atoms with Gasteiger partial charge in [-0.05, 0) is 36.2 Å². The summed E-state index contributed by atoms with van der Waals surface area (Å²) in [5.41, 5.74) is 1.60. The molecule has 1 aromatic carbocycles. The van der Waals surface area contributed by atoms with Crippen LogP contribution in [0.3, 0.4) is 0 Å². The van der Waals surface area contributed by atoms with Crippen molar-refractivity contribution >= 4 is 5.97 Å². The summed E-state index contributed by atoms with van der Waals surface area (Å²) in [6.45, 7) is 2.04. The van der Waals surface area contributed by atoms with Crippen LogP contribution in [0.1, 0.15) is 22.8 Å². The Labute approximate surface area is 104 Å². The molecule has 0 spiro atoms. The number of nitrogens with zero attached hydrogens (tertiary/aromatic N) is 1. The average molecular weight is 245 g/mol. The van der Waals surface area contributed by atoms with E-state index in [0.29, 0.717) is 5.56 Å². The number of aromatic nitrogens is 1. The van der Waals surface area contributed by atoms with E-state index in [1.165, 1.54) is 12.3 Å². The smallest absolute Gasteiger partial charge is 0.343 e. The lowest BCUT2D eigenvalue weighted by Crippen LogP contribution is -2.08. The highest BCUT2D eigenvalue weighted by Crippen LogP contribution is 2.12. The number of carbonyl (C=O) groups is 1. The lowest BCUT2D eigenvalue weighted by atomic mass is 10.1. The Balaban J connectivity index is 2.09. The molecule has 2 aromatic rings. The molecule has 1 aromatic heterocycles. The summed E-state index contributed by atoms with van der Waals surface area (Å²) in [4.78, 5) is 15.2. The summed E-state index contributed by atoms with van der Waals surface area (Å²) >= 11 is 0. The quantitative estimate of drug-likeness (QED) is 0.616. The second-order valence-electron chi connectivity index (χ2n) is 3.76. The minimum absolute atomic E-state index is 0.223. The Morgan fingerprint density at radius 2 is 1.94 bits per heavy atom. The summed E-state index contributed by atoms with van der Waals surface area (Å²) in [7, 11) is 0. The zero-order valence-electron chi connectivity index (χ0n) is 9.89. The molecule has 4 heteroatoms. The summed E-state index contributed by atoms with van der Waals surface area (Å²) in [6, 6.07) is 9.67. The van der Waals surface area contributed by atoms with Gasteiger partial charge in [-0.1, -0.05) is 19.1 Å². The molecule has 0 atom stereocenters. The molecular formula is C14H12FNO2. The molecule has 0 aliphatic rings. The summed E-state index contributed by atoms with van der Waals surface area (Å²) < 4.78 is 17.6. The first-order valence-corrected chi connectivity index (χ1v) is 5.61.